The van der Waals surface area contributed by atoms with Crippen molar-refractivity contribution in [1.82, 2.24) is 10.0 Å². The van der Waals surface area contributed by atoms with Gasteiger partial charge in [0.15, 0.2) is 0 Å². The second kappa shape index (κ2) is 4.85. The lowest BCUT2D eigenvalue weighted by atomic mass is 10.2. The van der Waals surface area contributed by atoms with Crippen LogP contribution in [0.5, 0.6) is 0 Å². The van der Waals surface area contributed by atoms with Gasteiger partial charge in [0.25, 0.3) is 0 Å². The van der Waals surface area contributed by atoms with E-state index < -0.39 is 10.0 Å². The second-order valence-corrected chi connectivity index (χ2v) is 5.74. The van der Waals surface area contributed by atoms with E-state index >= 15 is 0 Å². The maximum absolute atomic E-state index is 11.8. The van der Waals surface area contributed by atoms with Gasteiger partial charge in [0.1, 0.15) is 0 Å². The number of hydrogen-bond acceptors (Lipinski definition) is 3. The molecule has 1 aromatic carbocycles. The molecule has 2 N–H and O–H groups in total. The first-order valence-electron chi connectivity index (χ1n) is 5.42. The molecule has 92 valence electrons. The van der Waals surface area contributed by atoms with Crippen LogP contribution in [0.3, 0.4) is 0 Å². The standard InChI is InChI=1S/C11H14N2O3S/c14-11-7-6-9(13-11)8-12-17(15,16)10-4-2-1-3-5-10/h1-5,9,12H,6-8H2,(H,13,14). The van der Waals surface area contributed by atoms with Gasteiger partial charge in [-0.3, -0.25) is 4.79 Å². The molecule has 1 heterocycles. The van der Waals surface area contributed by atoms with Crippen molar-refractivity contribution < 1.29 is 13.2 Å². The van der Waals surface area contributed by atoms with Crippen LogP contribution in [0.1, 0.15) is 12.8 Å². The minimum Gasteiger partial charge on any atom is -0.352 e. The summed E-state index contributed by atoms with van der Waals surface area (Å²) in [5.41, 5.74) is 0. The lowest BCUT2D eigenvalue weighted by Crippen LogP contribution is -2.38. The number of carbonyl (C=O) groups excluding carboxylic acids is 1. The third-order valence-electron chi connectivity index (χ3n) is 2.66. The zero-order chi connectivity index (χ0) is 12.3. The molecule has 1 unspecified atom stereocenters. The summed E-state index contributed by atoms with van der Waals surface area (Å²) in [6.45, 7) is 0.239. The van der Waals surface area contributed by atoms with E-state index in [4.69, 9.17) is 0 Å². The Morgan fingerprint density at radius 3 is 2.59 bits per heavy atom. The maximum Gasteiger partial charge on any atom is 0.240 e. The lowest BCUT2D eigenvalue weighted by molar-refractivity contribution is -0.119. The molecular formula is C11H14N2O3S. The molecule has 0 saturated carbocycles. The summed E-state index contributed by atoms with van der Waals surface area (Å²) in [5.74, 6) is -0.0195. The smallest absolute Gasteiger partial charge is 0.240 e. The summed E-state index contributed by atoms with van der Waals surface area (Å²) in [4.78, 5) is 11.2. The Morgan fingerprint density at radius 2 is 2.00 bits per heavy atom. The third-order valence-corrected chi connectivity index (χ3v) is 4.10. The number of benzene rings is 1. The van der Waals surface area contributed by atoms with Crippen molar-refractivity contribution in [2.45, 2.75) is 23.8 Å². The van der Waals surface area contributed by atoms with Gasteiger partial charge in [-0.15, -0.1) is 0 Å². The van der Waals surface area contributed by atoms with Crippen LogP contribution in [0.15, 0.2) is 35.2 Å². The van der Waals surface area contributed by atoms with Gasteiger partial charge in [-0.1, -0.05) is 18.2 Å². The van der Waals surface area contributed by atoms with Crippen LogP contribution in [0, 0.1) is 0 Å². The van der Waals surface area contributed by atoms with Crippen molar-refractivity contribution >= 4 is 15.9 Å². The fourth-order valence-corrected chi connectivity index (χ4v) is 2.83. The Hall–Kier alpha value is -1.40. The molecule has 1 amide bonds. The average molecular weight is 254 g/mol. The molecule has 1 aromatic rings. The monoisotopic (exact) mass is 254 g/mol. The quantitative estimate of drug-likeness (QED) is 0.808. The van der Waals surface area contributed by atoms with Crippen LogP contribution < -0.4 is 10.0 Å². The van der Waals surface area contributed by atoms with Crippen LogP contribution in [-0.2, 0) is 14.8 Å². The Labute approximate surface area is 100 Å². The predicted molar refractivity (Wildman–Crippen MR) is 62.8 cm³/mol. The lowest BCUT2D eigenvalue weighted by Gasteiger charge is -2.11. The van der Waals surface area contributed by atoms with Crippen molar-refractivity contribution in [3.05, 3.63) is 30.3 Å². The Morgan fingerprint density at radius 1 is 1.29 bits per heavy atom. The van der Waals surface area contributed by atoms with E-state index in [1.54, 1.807) is 18.2 Å². The van der Waals surface area contributed by atoms with Gasteiger partial charge in [-0.25, -0.2) is 13.1 Å². The van der Waals surface area contributed by atoms with E-state index in [0.717, 1.165) is 0 Å². The topological polar surface area (TPSA) is 75.3 Å². The van der Waals surface area contributed by atoms with Crippen LogP contribution >= 0.6 is 0 Å². The van der Waals surface area contributed by atoms with Crippen molar-refractivity contribution in [3.8, 4) is 0 Å². The summed E-state index contributed by atoms with van der Waals surface area (Å²) in [6.07, 6.45) is 1.15. The fraction of sp³-hybridized carbons (Fsp3) is 0.364. The van der Waals surface area contributed by atoms with E-state index in [9.17, 15) is 13.2 Å². The van der Waals surface area contributed by atoms with Gasteiger partial charge in [0.2, 0.25) is 15.9 Å². The number of nitrogens with one attached hydrogen (secondary N) is 2. The molecule has 6 heteroatoms. The fourth-order valence-electron chi connectivity index (χ4n) is 1.72. The number of sulfonamides is 1. The molecule has 5 nitrogen and oxygen atoms in total. The van der Waals surface area contributed by atoms with Gasteiger partial charge in [0, 0.05) is 19.0 Å². The highest BCUT2D eigenvalue weighted by molar-refractivity contribution is 7.89. The van der Waals surface area contributed by atoms with Crippen LogP contribution in [0.4, 0.5) is 0 Å². The highest BCUT2D eigenvalue weighted by Gasteiger charge is 2.22. The van der Waals surface area contributed by atoms with Crippen molar-refractivity contribution in [3.63, 3.8) is 0 Å². The van der Waals surface area contributed by atoms with Crippen LogP contribution in [-0.4, -0.2) is 26.9 Å². The SMILES string of the molecule is O=C1CCC(CNS(=O)(=O)c2ccccc2)N1. The Kier molecular flexibility index (Phi) is 3.44. The number of hydrogen-bond donors (Lipinski definition) is 2. The summed E-state index contributed by atoms with van der Waals surface area (Å²) < 4.78 is 26.2. The highest BCUT2D eigenvalue weighted by atomic mass is 32.2. The van der Waals surface area contributed by atoms with Crippen LogP contribution in [0.2, 0.25) is 0 Å². The summed E-state index contributed by atoms with van der Waals surface area (Å²) in [6, 6.07) is 8.08. The molecule has 17 heavy (non-hydrogen) atoms. The van der Waals surface area contributed by atoms with Gasteiger partial charge in [-0.05, 0) is 18.6 Å². The highest BCUT2D eigenvalue weighted by Crippen LogP contribution is 2.09. The Bertz CT molecular complexity index is 499. The molecule has 1 aliphatic heterocycles. The molecule has 0 radical (unpaired) electrons. The second-order valence-electron chi connectivity index (χ2n) is 3.97. The van der Waals surface area contributed by atoms with Gasteiger partial charge < -0.3 is 5.32 Å². The van der Waals surface area contributed by atoms with Crippen molar-refractivity contribution in [2.75, 3.05) is 6.54 Å². The van der Waals surface area contributed by atoms with E-state index in [0.29, 0.717) is 12.8 Å². The first kappa shape index (κ1) is 12.1. The van der Waals surface area contributed by atoms with Crippen molar-refractivity contribution in [1.29, 1.82) is 0 Å². The molecule has 1 atom stereocenters. The molecule has 0 aromatic heterocycles. The largest absolute Gasteiger partial charge is 0.352 e. The summed E-state index contributed by atoms with van der Waals surface area (Å²) >= 11 is 0. The first-order valence-corrected chi connectivity index (χ1v) is 6.90. The minimum atomic E-state index is -3.47. The molecule has 0 spiro atoms. The molecule has 1 saturated heterocycles. The molecule has 1 fully saturated rings. The molecule has 1 aliphatic rings. The summed E-state index contributed by atoms with van der Waals surface area (Å²) in [7, 11) is -3.47. The first-order chi connectivity index (χ1) is 8.08. The van der Waals surface area contributed by atoms with Crippen molar-refractivity contribution in [2.24, 2.45) is 0 Å². The van der Waals surface area contributed by atoms with Gasteiger partial charge in [-0.2, -0.15) is 0 Å². The van der Waals surface area contributed by atoms with E-state index in [-0.39, 0.29) is 23.4 Å². The predicted octanol–water partition coefficient (Wildman–Crippen LogP) is 0.243. The number of rotatable bonds is 4. The van der Waals surface area contributed by atoms with E-state index in [1.165, 1.54) is 12.1 Å². The Balaban J connectivity index is 1.97. The number of amides is 1. The minimum absolute atomic E-state index is 0.0195. The van der Waals surface area contributed by atoms with Crippen LogP contribution in [0.25, 0.3) is 0 Å². The van der Waals surface area contributed by atoms with Gasteiger partial charge in [0.05, 0.1) is 4.90 Å². The zero-order valence-electron chi connectivity index (χ0n) is 9.22. The molecule has 0 bridgehead atoms. The number of carbonyl (C=O) groups is 1. The van der Waals surface area contributed by atoms with E-state index in [1.807, 2.05) is 0 Å². The third kappa shape index (κ3) is 3.04. The van der Waals surface area contributed by atoms with E-state index in [2.05, 4.69) is 10.0 Å². The maximum atomic E-state index is 11.8. The molecular weight excluding hydrogens is 240 g/mol. The average Bonchev–Trinajstić information content (AvgIpc) is 2.74. The summed E-state index contributed by atoms with van der Waals surface area (Å²) in [5, 5.41) is 2.71. The van der Waals surface area contributed by atoms with Gasteiger partial charge >= 0.3 is 0 Å². The normalized spacial score (nSPS) is 20.2. The molecule has 2 rings (SSSR count). The zero-order valence-corrected chi connectivity index (χ0v) is 10.0. The molecule has 0 aliphatic carbocycles.